The number of thioether (sulfide) groups is 1. The number of pyridine rings is 1. The molecule has 0 bridgehead atoms. The molecule has 0 aliphatic carbocycles. The van der Waals surface area contributed by atoms with Crippen LogP contribution in [-0.4, -0.2) is 28.4 Å². The third-order valence-corrected chi connectivity index (χ3v) is 3.96. The average Bonchev–Trinajstić information content (AvgIpc) is 2.33. The third kappa shape index (κ3) is 3.26. The van der Waals surface area contributed by atoms with Crippen molar-refractivity contribution in [3.8, 4) is 0 Å². The molecule has 1 amide bonds. The van der Waals surface area contributed by atoms with Crippen LogP contribution in [0.3, 0.4) is 0 Å². The molecule has 2 rings (SSSR count). The van der Waals surface area contributed by atoms with Crippen molar-refractivity contribution in [1.29, 1.82) is 0 Å². The molecule has 1 aliphatic heterocycles. The van der Waals surface area contributed by atoms with Gasteiger partial charge in [0.15, 0.2) is 0 Å². The molecule has 1 saturated heterocycles. The summed E-state index contributed by atoms with van der Waals surface area (Å²) in [5, 5.41) is 3.27. The van der Waals surface area contributed by atoms with Gasteiger partial charge in [0.1, 0.15) is 5.15 Å². The standard InChI is InChI=1S/C11H14ClN3OS/c12-10-5-8(9(13)6-14-10)11(16)15-7-1-3-17-4-2-7/h5-7H,1-4,13H2,(H,15,16). The van der Waals surface area contributed by atoms with Gasteiger partial charge in [-0.3, -0.25) is 4.79 Å². The van der Waals surface area contributed by atoms with Crippen LogP contribution in [0.1, 0.15) is 23.2 Å². The lowest BCUT2D eigenvalue weighted by molar-refractivity contribution is 0.0935. The normalized spacial score (nSPS) is 16.8. The number of carbonyl (C=O) groups is 1. The molecule has 0 spiro atoms. The largest absolute Gasteiger partial charge is 0.397 e. The molecule has 1 aliphatic rings. The number of nitrogen functional groups attached to an aromatic ring is 1. The summed E-state index contributed by atoms with van der Waals surface area (Å²) in [6, 6.07) is 1.75. The molecule has 0 saturated carbocycles. The van der Waals surface area contributed by atoms with Crippen LogP contribution < -0.4 is 11.1 Å². The van der Waals surface area contributed by atoms with Gasteiger partial charge in [-0.25, -0.2) is 4.98 Å². The van der Waals surface area contributed by atoms with Gasteiger partial charge in [-0.2, -0.15) is 11.8 Å². The zero-order valence-electron chi connectivity index (χ0n) is 9.28. The van der Waals surface area contributed by atoms with E-state index in [4.69, 9.17) is 17.3 Å². The van der Waals surface area contributed by atoms with Crippen LogP contribution >= 0.6 is 23.4 Å². The summed E-state index contributed by atoms with van der Waals surface area (Å²) in [5.74, 6) is 2.03. The molecular weight excluding hydrogens is 258 g/mol. The number of nitrogens with one attached hydrogen (secondary N) is 1. The van der Waals surface area contributed by atoms with Crippen molar-refractivity contribution in [2.45, 2.75) is 18.9 Å². The molecule has 1 aromatic heterocycles. The zero-order valence-corrected chi connectivity index (χ0v) is 10.9. The zero-order chi connectivity index (χ0) is 12.3. The number of carbonyl (C=O) groups excluding carboxylic acids is 1. The van der Waals surface area contributed by atoms with Crippen molar-refractivity contribution in [3.05, 3.63) is 23.0 Å². The summed E-state index contributed by atoms with van der Waals surface area (Å²) in [4.78, 5) is 15.8. The molecule has 0 radical (unpaired) electrons. The Morgan fingerprint density at radius 2 is 2.24 bits per heavy atom. The maximum atomic E-state index is 12.0. The monoisotopic (exact) mass is 271 g/mol. The molecule has 17 heavy (non-hydrogen) atoms. The Hall–Kier alpha value is -0.940. The van der Waals surface area contributed by atoms with E-state index in [1.807, 2.05) is 11.8 Å². The van der Waals surface area contributed by atoms with E-state index in [2.05, 4.69) is 10.3 Å². The lowest BCUT2D eigenvalue weighted by Crippen LogP contribution is -2.37. The summed E-state index contributed by atoms with van der Waals surface area (Å²) in [7, 11) is 0. The van der Waals surface area contributed by atoms with Crippen LogP contribution in [0.4, 0.5) is 5.69 Å². The number of anilines is 1. The number of hydrogen-bond acceptors (Lipinski definition) is 4. The molecule has 0 aromatic carbocycles. The quantitative estimate of drug-likeness (QED) is 0.807. The highest BCUT2D eigenvalue weighted by atomic mass is 35.5. The number of rotatable bonds is 2. The number of nitrogens with zero attached hydrogens (tertiary/aromatic N) is 1. The second-order valence-electron chi connectivity index (χ2n) is 3.95. The first-order valence-corrected chi connectivity index (χ1v) is 6.99. The lowest BCUT2D eigenvalue weighted by Gasteiger charge is -2.22. The maximum Gasteiger partial charge on any atom is 0.253 e. The predicted octanol–water partition coefficient (Wildman–Crippen LogP) is 1.94. The Labute approximate surface area is 109 Å². The first-order chi connectivity index (χ1) is 8.16. The average molecular weight is 272 g/mol. The van der Waals surface area contributed by atoms with E-state index >= 15 is 0 Å². The first kappa shape index (κ1) is 12.5. The van der Waals surface area contributed by atoms with Crippen molar-refractivity contribution >= 4 is 35.0 Å². The number of hydrogen-bond donors (Lipinski definition) is 2. The molecule has 92 valence electrons. The van der Waals surface area contributed by atoms with Crippen LogP contribution in [0.15, 0.2) is 12.3 Å². The molecule has 1 aromatic rings. The summed E-state index contributed by atoms with van der Waals surface area (Å²) < 4.78 is 0. The minimum absolute atomic E-state index is 0.163. The Bertz CT molecular complexity index is 421. The van der Waals surface area contributed by atoms with Crippen molar-refractivity contribution in [2.75, 3.05) is 17.2 Å². The van der Waals surface area contributed by atoms with Crippen LogP contribution in [0.2, 0.25) is 5.15 Å². The van der Waals surface area contributed by atoms with E-state index in [-0.39, 0.29) is 17.1 Å². The van der Waals surface area contributed by atoms with Crippen molar-refractivity contribution in [3.63, 3.8) is 0 Å². The lowest BCUT2D eigenvalue weighted by atomic mass is 10.1. The van der Waals surface area contributed by atoms with Gasteiger partial charge < -0.3 is 11.1 Å². The molecule has 0 unspecified atom stereocenters. The highest BCUT2D eigenvalue weighted by Gasteiger charge is 2.18. The molecule has 4 nitrogen and oxygen atoms in total. The Morgan fingerprint density at radius 1 is 1.53 bits per heavy atom. The van der Waals surface area contributed by atoms with Crippen LogP contribution in [-0.2, 0) is 0 Å². The fourth-order valence-corrected chi connectivity index (χ4v) is 3.01. The maximum absolute atomic E-state index is 12.0. The van der Waals surface area contributed by atoms with Gasteiger partial charge in [-0.15, -0.1) is 0 Å². The Balaban J connectivity index is 2.05. The first-order valence-electron chi connectivity index (χ1n) is 5.46. The fourth-order valence-electron chi connectivity index (χ4n) is 1.74. The van der Waals surface area contributed by atoms with Gasteiger partial charge in [-0.05, 0) is 30.4 Å². The number of halogens is 1. The molecule has 1 fully saturated rings. The van der Waals surface area contributed by atoms with E-state index in [1.54, 1.807) is 0 Å². The molecular formula is C11H14ClN3OS. The Morgan fingerprint density at radius 3 is 2.94 bits per heavy atom. The number of nitrogens with two attached hydrogens (primary N) is 1. The molecule has 2 heterocycles. The van der Waals surface area contributed by atoms with Crippen molar-refractivity contribution < 1.29 is 4.79 Å². The number of aromatic nitrogens is 1. The van der Waals surface area contributed by atoms with Crippen LogP contribution in [0.5, 0.6) is 0 Å². The van der Waals surface area contributed by atoms with E-state index < -0.39 is 0 Å². The van der Waals surface area contributed by atoms with Crippen LogP contribution in [0, 0.1) is 0 Å². The Kier molecular flexibility index (Phi) is 4.12. The van der Waals surface area contributed by atoms with Gasteiger partial charge in [-0.1, -0.05) is 11.6 Å². The van der Waals surface area contributed by atoms with Crippen molar-refractivity contribution in [2.24, 2.45) is 0 Å². The third-order valence-electron chi connectivity index (χ3n) is 2.70. The minimum Gasteiger partial charge on any atom is -0.397 e. The summed E-state index contributed by atoms with van der Waals surface area (Å²) in [6.45, 7) is 0. The molecule has 3 N–H and O–H groups in total. The number of amides is 1. The predicted molar refractivity (Wildman–Crippen MR) is 71.5 cm³/mol. The van der Waals surface area contributed by atoms with E-state index in [0.29, 0.717) is 11.3 Å². The minimum atomic E-state index is -0.163. The second kappa shape index (κ2) is 5.60. The van der Waals surface area contributed by atoms with Gasteiger partial charge in [0.05, 0.1) is 17.4 Å². The second-order valence-corrected chi connectivity index (χ2v) is 5.57. The van der Waals surface area contributed by atoms with Gasteiger partial charge >= 0.3 is 0 Å². The van der Waals surface area contributed by atoms with Gasteiger partial charge in [0.25, 0.3) is 5.91 Å². The molecule has 0 atom stereocenters. The SMILES string of the molecule is Nc1cnc(Cl)cc1C(=O)NC1CCSCC1. The molecule has 6 heteroatoms. The summed E-state index contributed by atoms with van der Waals surface area (Å²) in [6.07, 6.45) is 3.43. The van der Waals surface area contributed by atoms with E-state index in [0.717, 1.165) is 24.3 Å². The van der Waals surface area contributed by atoms with Gasteiger partial charge in [0.2, 0.25) is 0 Å². The van der Waals surface area contributed by atoms with Crippen molar-refractivity contribution in [1.82, 2.24) is 10.3 Å². The fraction of sp³-hybridized carbons (Fsp3) is 0.455. The topological polar surface area (TPSA) is 68.0 Å². The van der Waals surface area contributed by atoms with Crippen LogP contribution in [0.25, 0.3) is 0 Å². The van der Waals surface area contributed by atoms with E-state index in [1.165, 1.54) is 12.3 Å². The van der Waals surface area contributed by atoms with Gasteiger partial charge in [0, 0.05) is 6.04 Å². The smallest absolute Gasteiger partial charge is 0.253 e. The highest BCUT2D eigenvalue weighted by molar-refractivity contribution is 7.99. The summed E-state index contributed by atoms with van der Waals surface area (Å²) >= 11 is 7.67. The summed E-state index contributed by atoms with van der Waals surface area (Å²) in [5.41, 5.74) is 6.47. The van der Waals surface area contributed by atoms with E-state index in [9.17, 15) is 4.79 Å². The highest BCUT2D eigenvalue weighted by Crippen LogP contribution is 2.19.